The van der Waals surface area contributed by atoms with Gasteiger partial charge < -0.3 is 40.9 Å². The molecular weight excluding hydrogens is 966 g/mol. The Kier molecular flexibility index (Phi) is 17.1. The number of hydrogen-bond acceptors (Lipinski definition) is 15. The SMILES string of the molecule is COc1cc(N2CCN(CCCCC(=O)NC(C(=O)N3C[C@H](O)C[C@@H]3C(=O)NCc3ccc(-c4scnc4C)cc3)C(C)(C)C)CC2)ccc1Nc1ncc(Cl)c(Nc2ccccc2N(C)S(C)(=O)=O)n1. The van der Waals surface area contributed by atoms with Crippen LogP contribution in [0.1, 0.15) is 57.7 Å². The predicted octanol–water partition coefficient (Wildman–Crippen LogP) is 6.55. The number of nitrogens with zero attached hydrogens (tertiary/aromatic N) is 7. The van der Waals surface area contributed by atoms with E-state index in [0.29, 0.717) is 29.2 Å². The van der Waals surface area contributed by atoms with E-state index < -0.39 is 33.6 Å². The molecule has 2 aromatic heterocycles. The van der Waals surface area contributed by atoms with Crippen molar-refractivity contribution in [3.63, 3.8) is 0 Å². The van der Waals surface area contributed by atoms with Gasteiger partial charge in [-0.3, -0.25) is 23.6 Å². The molecule has 5 N–H and O–H groups in total. The van der Waals surface area contributed by atoms with Gasteiger partial charge in [0.1, 0.15) is 22.9 Å². The second-order valence-electron chi connectivity index (χ2n) is 19.0. The second kappa shape index (κ2) is 23.0. The Labute approximate surface area is 425 Å². The minimum atomic E-state index is -3.52. The van der Waals surface area contributed by atoms with Gasteiger partial charge in [-0.1, -0.05) is 68.8 Å². The molecule has 2 aliphatic rings. The third-order valence-corrected chi connectivity index (χ3v) is 15.2. The highest BCUT2D eigenvalue weighted by Crippen LogP contribution is 2.35. The van der Waals surface area contributed by atoms with Crippen molar-refractivity contribution in [2.24, 2.45) is 5.41 Å². The van der Waals surface area contributed by atoms with Crippen LogP contribution in [0.4, 0.5) is 34.5 Å². The number of methoxy groups -OCH3 is 1. The number of halogens is 1. The molecule has 1 unspecified atom stereocenters. The number of para-hydroxylation sites is 2. The van der Waals surface area contributed by atoms with Crippen molar-refractivity contribution in [1.29, 1.82) is 0 Å². The van der Waals surface area contributed by atoms with Crippen molar-refractivity contribution in [3.05, 3.63) is 94.7 Å². The molecule has 0 aliphatic carbocycles. The fourth-order valence-corrected chi connectivity index (χ4v) is 10.1. The predicted molar refractivity (Wildman–Crippen MR) is 280 cm³/mol. The fraction of sp³-hybridized carbons (Fsp3) is 0.440. The lowest BCUT2D eigenvalue weighted by atomic mass is 9.85. The summed E-state index contributed by atoms with van der Waals surface area (Å²) in [4.78, 5) is 61.5. The molecule has 5 aromatic rings. The normalized spacial score (nSPS) is 16.9. The van der Waals surface area contributed by atoms with E-state index in [1.165, 1.54) is 22.4 Å². The van der Waals surface area contributed by atoms with E-state index in [0.717, 1.165) is 72.8 Å². The number of piperazine rings is 1. The number of thiazole rings is 1. The Bertz CT molecular complexity index is 2780. The quantitative estimate of drug-likeness (QED) is 0.0555. The van der Waals surface area contributed by atoms with Crippen LogP contribution in [-0.2, 0) is 31.0 Å². The van der Waals surface area contributed by atoms with Crippen LogP contribution in [0.2, 0.25) is 5.02 Å². The highest BCUT2D eigenvalue weighted by atomic mass is 35.5. The van der Waals surface area contributed by atoms with Gasteiger partial charge in [-0.15, -0.1) is 11.3 Å². The molecule has 3 aromatic carbocycles. The van der Waals surface area contributed by atoms with Crippen molar-refractivity contribution in [2.75, 3.05) is 79.5 Å². The number of rotatable bonds is 19. The molecule has 71 heavy (non-hydrogen) atoms. The van der Waals surface area contributed by atoms with Crippen LogP contribution < -0.4 is 35.2 Å². The number of unbranched alkanes of at least 4 members (excludes halogenated alkanes) is 1. The first-order valence-corrected chi connectivity index (χ1v) is 26.7. The van der Waals surface area contributed by atoms with E-state index in [-0.39, 0.29) is 60.4 Å². The van der Waals surface area contributed by atoms with Crippen LogP contribution in [0.3, 0.4) is 0 Å². The molecule has 0 bridgehead atoms. The molecule has 0 spiro atoms. The third-order valence-electron chi connectivity index (χ3n) is 12.7. The van der Waals surface area contributed by atoms with E-state index >= 15 is 0 Å². The Balaban J connectivity index is 0.860. The van der Waals surface area contributed by atoms with Gasteiger partial charge in [0.25, 0.3) is 0 Å². The van der Waals surface area contributed by atoms with E-state index in [1.807, 2.05) is 75.7 Å². The van der Waals surface area contributed by atoms with Crippen molar-refractivity contribution in [1.82, 2.24) is 35.4 Å². The number of benzene rings is 3. The van der Waals surface area contributed by atoms with Gasteiger partial charge in [0, 0.05) is 70.9 Å². The second-order valence-corrected chi connectivity index (χ2v) is 22.3. The lowest BCUT2D eigenvalue weighted by molar-refractivity contribution is -0.144. The molecule has 3 amide bonds. The van der Waals surface area contributed by atoms with E-state index in [9.17, 15) is 27.9 Å². The number of aryl methyl sites for hydroxylation is 1. The molecule has 7 rings (SSSR count). The summed E-state index contributed by atoms with van der Waals surface area (Å²) in [5.41, 5.74) is 6.65. The Morgan fingerprint density at radius 2 is 1.72 bits per heavy atom. The molecule has 2 saturated heterocycles. The molecule has 3 atom stereocenters. The number of β-amino-alcohol motifs (C(OH)–C–C–N with tert-alkyl or cyclic N) is 1. The first-order chi connectivity index (χ1) is 33.8. The van der Waals surface area contributed by atoms with Gasteiger partial charge in [0.2, 0.25) is 33.7 Å². The summed E-state index contributed by atoms with van der Waals surface area (Å²) >= 11 is 8.05. The van der Waals surface area contributed by atoms with Crippen molar-refractivity contribution in [2.45, 2.75) is 78.1 Å². The van der Waals surface area contributed by atoms with Crippen molar-refractivity contribution >= 4 is 85.2 Å². The summed E-state index contributed by atoms with van der Waals surface area (Å²) in [5, 5.41) is 23.2. The smallest absolute Gasteiger partial charge is 0.246 e. The van der Waals surface area contributed by atoms with Gasteiger partial charge in [-0.25, -0.2) is 18.4 Å². The summed E-state index contributed by atoms with van der Waals surface area (Å²) in [7, 11) is -0.455. The van der Waals surface area contributed by atoms with E-state index in [1.54, 1.807) is 42.7 Å². The highest BCUT2D eigenvalue weighted by Gasteiger charge is 2.44. The molecule has 0 radical (unpaired) electrons. The maximum absolute atomic E-state index is 14.1. The van der Waals surface area contributed by atoms with Crippen LogP contribution in [0.5, 0.6) is 5.75 Å². The monoisotopic (exact) mass is 1030 g/mol. The number of nitrogens with one attached hydrogen (secondary N) is 4. The zero-order valence-corrected chi connectivity index (χ0v) is 43.6. The lowest BCUT2D eigenvalue weighted by Crippen LogP contribution is -2.57. The van der Waals surface area contributed by atoms with Crippen LogP contribution in [0, 0.1) is 12.3 Å². The van der Waals surface area contributed by atoms with Crippen molar-refractivity contribution in [3.8, 4) is 16.2 Å². The number of aliphatic hydroxyl groups is 1. The molecule has 21 heteroatoms. The molecule has 2 aliphatic heterocycles. The Morgan fingerprint density at radius 3 is 2.39 bits per heavy atom. The molecule has 380 valence electrons. The summed E-state index contributed by atoms with van der Waals surface area (Å²) < 4.78 is 31.5. The van der Waals surface area contributed by atoms with Crippen molar-refractivity contribution < 1.29 is 32.6 Å². The highest BCUT2D eigenvalue weighted by molar-refractivity contribution is 7.92. The zero-order valence-electron chi connectivity index (χ0n) is 41.2. The summed E-state index contributed by atoms with van der Waals surface area (Å²) in [6.45, 7) is 12.0. The number of amides is 3. The fourth-order valence-electron chi connectivity index (χ4n) is 8.64. The number of likely N-dealkylation sites (tertiary alicyclic amines) is 1. The zero-order chi connectivity index (χ0) is 51.0. The van der Waals surface area contributed by atoms with Crippen LogP contribution >= 0.6 is 22.9 Å². The molecular formula is C50H64ClN11O7S2. The third kappa shape index (κ3) is 13.5. The average Bonchev–Trinajstić information content (AvgIpc) is 3.97. The molecule has 18 nitrogen and oxygen atoms in total. The Morgan fingerprint density at radius 1 is 0.986 bits per heavy atom. The van der Waals surface area contributed by atoms with Gasteiger partial charge in [-0.2, -0.15) is 4.98 Å². The van der Waals surface area contributed by atoms with Gasteiger partial charge in [-0.05, 0) is 67.1 Å². The number of carbonyl (C=O) groups excluding carboxylic acids is 3. The first kappa shape index (κ1) is 52.8. The number of hydrogen-bond donors (Lipinski definition) is 5. The average molecular weight is 1030 g/mol. The summed E-state index contributed by atoms with van der Waals surface area (Å²) in [6, 6.07) is 19.0. The number of carbonyl (C=O) groups is 3. The van der Waals surface area contributed by atoms with E-state index in [2.05, 4.69) is 46.0 Å². The summed E-state index contributed by atoms with van der Waals surface area (Å²) in [5.74, 6) is 0.166. The standard InChI is InChI=1S/C50H64ClN11O7S2/c1-32-44(70-31-54-32)34-17-15-33(16-18-34)28-52-47(65)41-27-36(63)30-62(41)48(66)45(50(2,3)4)57-43(64)14-10-11-21-60-22-24-61(25-23-60)35-19-20-39(42(26-35)69-6)56-49-53-29-37(51)46(58-49)55-38-12-8-9-13-40(38)59(5)71(7,67)68/h8-9,12-13,15-20,26,29,31,36,41,45,63H,10-11,14,21-25,27-28,30H2,1-7H3,(H,52,65)(H,57,64)(H2,53,55,56,58)/t36-,41-,45?/m1/s1. The lowest BCUT2D eigenvalue weighted by Gasteiger charge is -2.36. The largest absolute Gasteiger partial charge is 0.494 e. The number of sulfonamides is 1. The number of aliphatic hydroxyl groups excluding tert-OH is 1. The first-order valence-electron chi connectivity index (χ1n) is 23.6. The number of ether oxygens (including phenoxy) is 1. The van der Waals surface area contributed by atoms with Crippen LogP contribution in [0.25, 0.3) is 10.4 Å². The van der Waals surface area contributed by atoms with Crippen LogP contribution in [-0.4, -0.2) is 134 Å². The van der Waals surface area contributed by atoms with Gasteiger partial charge in [0.15, 0.2) is 5.82 Å². The topological polar surface area (TPSA) is 215 Å². The minimum Gasteiger partial charge on any atom is -0.494 e. The minimum absolute atomic E-state index is 0.0131. The number of aromatic nitrogens is 3. The summed E-state index contributed by atoms with van der Waals surface area (Å²) in [6.07, 6.45) is 3.55. The maximum Gasteiger partial charge on any atom is 0.246 e. The molecule has 2 fully saturated rings. The van der Waals surface area contributed by atoms with Crippen LogP contribution in [0.15, 0.2) is 78.4 Å². The molecule has 4 heterocycles. The van der Waals surface area contributed by atoms with E-state index in [4.69, 9.17) is 16.3 Å². The van der Waals surface area contributed by atoms with Gasteiger partial charge in [0.05, 0.1) is 58.8 Å². The Hall–Kier alpha value is -6.06. The molecule has 0 saturated carbocycles. The number of anilines is 6. The maximum atomic E-state index is 14.1. The van der Waals surface area contributed by atoms with Gasteiger partial charge >= 0.3 is 0 Å².